The summed E-state index contributed by atoms with van der Waals surface area (Å²) in [6.45, 7) is -0.129. The Labute approximate surface area is 165 Å². The standard InChI is InChI=1S/C20H17N5O4/c21-19-14-3-1-2-4-15(14)22-16(23-19)11-29-20(28)12-5-7-13(8-6-12)25-18(27)10-9-17(26)24-25/h1-8H,9-11H2,(H,24,26)(H2,21,22,23). The van der Waals surface area contributed by atoms with E-state index in [2.05, 4.69) is 15.4 Å². The van der Waals surface area contributed by atoms with Gasteiger partial charge in [-0.25, -0.2) is 19.8 Å². The monoisotopic (exact) mass is 391 g/mol. The molecule has 1 aliphatic rings. The van der Waals surface area contributed by atoms with Gasteiger partial charge >= 0.3 is 5.97 Å². The number of hydrogen-bond acceptors (Lipinski definition) is 7. The van der Waals surface area contributed by atoms with Gasteiger partial charge < -0.3 is 10.5 Å². The van der Waals surface area contributed by atoms with Crippen LogP contribution < -0.4 is 16.2 Å². The quantitative estimate of drug-likeness (QED) is 0.648. The first-order valence-electron chi connectivity index (χ1n) is 8.92. The minimum absolute atomic E-state index is 0.129. The molecule has 2 amide bonds. The molecule has 0 bridgehead atoms. The predicted molar refractivity (Wildman–Crippen MR) is 104 cm³/mol. The fourth-order valence-corrected chi connectivity index (χ4v) is 2.96. The number of hydrogen-bond donors (Lipinski definition) is 2. The molecule has 9 heteroatoms. The zero-order valence-electron chi connectivity index (χ0n) is 15.3. The van der Waals surface area contributed by atoms with Crippen molar-refractivity contribution in [2.75, 3.05) is 10.7 Å². The zero-order chi connectivity index (χ0) is 20.4. The topological polar surface area (TPSA) is 128 Å². The van der Waals surface area contributed by atoms with E-state index >= 15 is 0 Å². The number of aromatic nitrogens is 2. The Kier molecular flexibility index (Phi) is 4.78. The lowest BCUT2D eigenvalue weighted by molar-refractivity contribution is -0.130. The van der Waals surface area contributed by atoms with Gasteiger partial charge in [0.1, 0.15) is 5.82 Å². The number of carbonyl (C=O) groups is 3. The molecule has 3 aromatic rings. The number of nitrogen functional groups attached to an aromatic ring is 1. The van der Waals surface area contributed by atoms with Crippen LogP contribution in [0.15, 0.2) is 48.5 Å². The van der Waals surface area contributed by atoms with Crippen molar-refractivity contribution in [3.63, 3.8) is 0 Å². The smallest absolute Gasteiger partial charge is 0.338 e. The highest BCUT2D eigenvalue weighted by molar-refractivity contribution is 6.01. The summed E-state index contributed by atoms with van der Waals surface area (Å²) in [6, 6.07) is 13.4. The maximum Gasteiger partial charge on any atom is 0.338 e. The molecular weight excluding hydrogens is 374 g/mol. The van der Waals surface area contributed by atoms with Gasteiger partial charge in [-0.05, 0) is 36.4 Å². The molecule has 2 aromatic carbocycles. The average Bonchev–Trinajstić information content (AvgIpc) is 2.74. The Balaban J connectivity index is 1.44. The number of carbonyl (C=O) groups excluding carboxylic acids is 3. The largest absolute Gasteiger partial charge is 0.454 e. The fourth-order valence-electron chi connectivity index (χ4n) is 2.96. The van der Waals surface area contributed by atoms with Crippen molar-refractivity contribution in [2.45, 2.75) is 19.4 Å². The van der Waals surface area contributed by atoms with E-state index in [4.69, 9.17) is 10.5 Å². The third kappa shape index (κ3) is 3.84. The number of hydrazine groups is 1. The van der Waals surface area contributed by atoms with Crippen LogP contribution in [0.4, 0.5) is 11.5 Å². The molecule has 0 aliphatic carbocycles. The van der Waals surface area contributed by atoms with E-state index in [1.165, 1.54) is 17.1 Å². The molecule has 0 spiro atoms. The minimum Gasteiger partial charge on any atom is -0.454 e. The summed E-state index contributed by atoms with van der Waals surface area (Å²) in [6.07, 6.45) is 0.311. The molecule has 0 radical (unpaired) electrons. The Morgan fingerprint density at radius 1 is 1.07 bits per heavy atom. The Bertz CT molecular complexity index is 1110. The highest BCUT2D eigenvalue weighted by Crippen LogP contribution is 2.19. The van der Waals surface area contributed by atoms with E-state index in [1.54, 1.807) is 18.2 Å². The Morgan fingerprint density at radius 2 is 1.83 bits per heavy atom. The number of fused-ring (bicyclic) bond motifs is 1. The van der Waals surface area contributed by atoms with Crippen LogP contribution in [0, 0.1) is 0 Å². The van der Waals surface area contributed by atoms with Gasteiger partial charge in [0.2, 0.25) is 11.8 Å². The first-order chi connectivity index (χ1) is 14.0. The van der Waals surface area contributed by atoms with Crippen LogP contribution in [0.5, 0.6) is 0 Å². The summed E-state index contributed by atoms with van der Waals surface area (Å²) >= 11 is 0. The second kappa shape index (κ2) is 7.55. The molecule has 1 aliphatic heterocycles. The second-order valence-corrected chi connectivity index (χ2v) is 6.43. The van der Waals surface area contributed by atoms with E-state index < -0.39 is 5.97 Å². The number of nitrogens with one attached hydrogen (secondary N) is 1. The Morgan fingerprint density at radius 3 is 2.62 bits per heavy atom. The van der Waals surface area contributed by atoms with Crippen molar-refractivity contribution < 1.29 is 19.1 Å². The highest BCUT2D eigenvalue weighted by atomic mass is 16.5. The molecule has 0 atom stereocenters. The molecule has 29 heavy (non-hydrogen) atoms. The number of amides is 2. The number of nitrogens with zero attached hydrogens (tertiary/aromatic N) is 3. The van der Waals surface area contributed by atoms with Crippen molar-refractivity contribution in [1.82, 2.24) is 15.4 Å². The molecule has 4 rings (SSSR count). The van der Waals surface area contributed by atoms with Gasteiger partial charge in [-0.2, -0.15) is 0 Å². The van der Waals surface area contributed by atoms with Gasteiger partial charge in [0.05, 0.1) is 16.8 Å². The van der Waals surface area contributed by atoms with E-state index in [0.717, 1.165) is 5.39 Å². The van der Waals surface area contributed by atoms with Crippen molar-refractivity contribution in [3.05, 3.63) is 59.9 Å². The fraction of sp³-hybridized carbons (Fsp3) is 0.150. The van der Waals surface area contributed by atoms with Crippen LogP contribution >= 0.6 is 0 Å². The van der Waals surface area contributed by atoms with Crippen LogP contribution in [-0.4, -0.2) is 27.8 Å². The average molecular weight is 391 g/mol. The normalized spacial score (nSPS) is 14.0. The number of para-hydroxylation sites is 1. The summed E-state index contributed by atoms with van der Waals surface area (Å²) in [5, 5.41) is 1.91. The summed E-state index contributed by atoms with van der Waals surface area (Å²) < 4.78 is 5.27. The van der Waals surface area contributed by atoms with Crippen molar-refractivity contribution in [1.29, 1.82) is 0 Å². The van der Waals surface area contributed by atoms with E-state index in [0.29, 0.717) is 28.4 Å². The predicted octanol–water partition coefficient (Wildman–Crippen LogP) is 1.73. The van der Waals surface area contributed by atoms with E-state index in [-0.39, 0.29) is 31.3 Å². The van der Waals surface area contributed by atoms with E-state index in [1.807, 2.05) is 18.2 Å². The SMILES string of the molecule is Nc1nc(COC(=O)c2ccc(N3NC(=O)CCC3=O)cc2)nc2ccccc12. The summed E-state index contributed by atoms with van der Waals surface area (Å²) in [5.74, 6) is -0.401. The molecule has 146 valence electrons. The number of rotatable bonds is 4. The maximum atomic E-state index is 12.3. The lowest BCUT2D eigenvalue weighted by Gasteiger charge is -2.27. The molecule has 1 fully saturated rings. The van der Waals surface area contributed by atoms with Gasteiger partial charge in [0.25, 0.3) is 0 Å². The van der Waals surface area contributed by atoms with Crippen LogP contribution in [0.1, 0.15) is 29.0 Å². The van der Waals surface area contributed by atoms with Gasteiger partial charge in [-0.15, -0.1) is 0 Å². The number of esters is 1. The minimum atomic E-state index is -0.569. The maximum absolute atomic E-state index is 12.3. The summed E-state index contributed by atoms with van der Waals surface area (Å²) in [4.78, 5) is 44.2. The first kappa shape index (κ1) is 18.4. The third-order valence-electron chi connectivity index (χ3n) is 4.42. The lowest BCUT2D eigenvalue weighted by Crippen LogP contribution is -2.50. The molecule has 1 aromatic heterocycles. The van der Waals surface area contributed by atoms with Crippen LogP contribution in [-0.2, 0) is 20.9 Å². The first-order valence-corrected chi connectivity index (χ1v) is 8.92. The molecule has 1 saturated heterocycles. The molecule has 0 saturated carbocycles. The van der Waals surface area contributed by atoms with Crippen LogP contribution in [0.3, 0.4) is 0 Å². The number of anilines is 2. The molecule has 0 unspecified atom stereocenters. The highest BCUT2D eigenvalue weighted by Gasteiger charge is 2.24. The van der Waals surface area contributed by atoms with Gasteiger partial charge in [0, 0.05) is 18.2 Å². The zero-order valence-corrected chi connectivity index (χ0v) is 15.3. The molecule has 9 nitrogen and oxygen atoms in total. The third-order valence-corrected chi connectivity index (χ3v) is 4.42. The molecule has 3 N–H and O–H groups in total. The molecular formula is C20H17N5O4. The number of nitrogens with two attached hydrogens (primary N) is 1. The lowest BCUT2D eigenvalue weighted by atomic mass is 10.2. The van der Waals surface area contributed by atoms with Crippen molar-refractivity contribution >= 4 is 40.2 Å². The second-order valence-electron chi connectivity index (χ2n) is 6.43. The van der Waals surface area contributed by atoms with Crippen LogP contribution in [0.25, 0.3) is 10.9 Å². The number of benzene rings is 2. The Hall–Kier alpha value is -4.01. The van der Waals surface area contributed by atoms with E-state index in [9.17, 15) is 14.4 Å². The molecule has 2 heterocycles. The van der Waals surface area contributed by atoms with Crippen LogP contribution in [0.2, 0.25) is 0 Å². The summed E-state index contributed by atoms with van der Waals surface area (Å²) in [7, 11) is 0. The van der Waals surface area contributed by atoms with Crippen molar-refractivity contribution in [2.24, 2.45) is 0 Å². The van der Waals surface area contributed by atoms with Gasteiger partial charge in [-0.1, -0.05) is 12.1 Å². The number of ether oxygens (including phenoxy) is 1. The summed E-state index contributed by atoms with van der Waals surface area (Å²) in [5.41, 5.74) is 9.85. The van der Waals surface area contributed by atoms with Gasteiger partial charge in [0.15, 0.2) is 12.4 Å². The van der Waals surface area contributed by atoms with Crippen molar-refractivity contribution in [3.8, 4) is 0 Å². The van der Waals surface area contributed by atoms with Gasteiger partial charge in [-0.3, -0.25) is 15.0 Å².